The minimum Gasteiger partial charge on any atom is -0.469 e. The lowest BCUT2D eigenvalue weighted by molar-refractivity contribution is -0.141. The van der Waals surface area contributed by atoms with Gasteiger partial charge in [-0.15, -0.1) is 0 Å². The monoisotopic (exact) mass is 484 g/mol. The van der Waals surface area contributed by atoms with Crippen LogP contribution in [-0.4, -0.2) is 67.7 Å². The fourth-order valence-corrected chi connectivity index (χ4v) is 2.34. The number of rotatable bonds is 10. The lowest BCUT2D eigenvalue weighted by Gasteiger charge is -2.25. The van der Waals surface area contributed by atoms with Gasteiger partial charge in [0.2, 0.25) is 0 Å². The van der Waals surface area contributed by atoms with Gasteiger partial charge in [0.05, 0.1) is 27.0 Å². The number of Topliss-reactive ketones (excluding diaryl/α,β-unsaturated/α-hetero) is 1. The van der Waals surface area contributed by atoms with E-state index in [4.69, 9.17) is 21.9 Å². The maximum absolute atomic E-state index is 11.9. The summed E-state index contributed by atoms with van der Waals surface area (Å²) < 4.78 is 135. The molecule has 2 aromatic carbocycles. The first-order valence-electron chi connectivity index (χ1n) is 17.9. The first kappa shape index (κ1) is 12.1. The summed E-state index contributed by atoms with van der Waals surface area (Å²) in [6, 6.07) is 15.9. The largest absolute Gasteiger partial charge is 0.469 e. The second-order valence-electron chi connectivity index (χ2n) is 6.40. The van der Waals surface area contributed by atoms with Gasteiger partial charge in [-0.05, 0) is 11.1 Å². The Morgan fingerprint density at radius 3 is 1.82 bits per heavy atom. The van der Waals surface area contributed by atoms with E-state index in [2.05, 4.69) is 9.47 Å². The molecular weight excluding hydrogens is 432 g/mol. The zero-order valence-corrected chi connectivity index (χ0v) is 18.6. The third-order valence-electron chi connectivity index (χ3n) is 3.93. The van der Waals surface area contributed by atoms with Crippen LogP contribution >= 0.6 is 0 Å². The predicted octanol–water partition coefficient (Wildman–Crippen LogP) is 3.47. The third kappa shape index (κ3) is 11.2. The molecule has 1 aliphatic heterocycles. The van der Waals surface area contributed by atoms with E-state index in [9.17, 15) is 14.4 Å². The molecule has 0 unspecified atom stereocenters. The van der Waals surface area contributed by atoms with Crippen molar-refractivity contribution in [3.05, 3.63) is 71.8 Å². The standard InChI is InChI=1S/C15H21NO4.C12H15NO/c1-19-14(17)8-10-16(11-9-15(18)20-2)12-13-6-4-3-5-7-13;14-12-6-8-13(9-7-12)10-11-4-2-1-3-5-11/h3-7H,8-12H2,1-2H3;1-5H,6-10H2/i8D2,9D2,10D2,11D2;6D2,7D2,8D2,9D2. The Labute approximate surface area is 225 Å². The van der Waals surface area contributed by atoms with E-state index < -0.39 is 75.7 Å². The van der Waals surface area contributed by atoms with Gasteiger partial charge in [-0.3, -0.25) is 24.2 Å². The van der Waals surface area contributed by atoms with Crippen molar-refractivity contribution in [1.29, 1.82) is 0 Å². The number of likely N-dealkylation sites (tertiary alicyclic amines) is 1. The predicted molar refractivity (Wildman–Crippen MR) is 131 cm³/mol. The molecule has 0 aromatic heterocycles. The molecule has 1 saturated heterocycles. The summed E-state index contributed by atoms with van der Waals surface area (Å²) in [4.78, 5) is 36.2. The van der Waals surface area contributed by atoms with Crippen molar-refractivity contribution < 1.29 is 45.8 Å². The van der Waals surface area contributed by atoms with Crippen LogP contribution in [0.1, 0.15) is 58.6 Å². The van der Waals surface area contributed by atoms with E-state index in [1.165, 1.54) is 12.1 Å². The summed E-state index contributed by atoms with van der Waals surface area (Å²) >= 11 is 0. The number of carbonyl (C=O) groups excluding carboxylic acids is 3. The molecule has 0 aliphatic carbocycles. The summed E-state index contributed by atoms with van der Waals surface area (Å²) in [7, 11) is 1.67. The maximum Gasteiger partial charge on any atom is 0.306 e. The quantitative estimate of drug-likeness (QED) is 0.478. The van der Waals surface area contributed by atoms with Crippen LogP contribution in [0.2, 0.25) is 0 Å². The Morgan fingerprint density at radius 2 is 1.35 bits per heavy atom. The summed E-state index contributed by atoms with van der Waals surface area (Å²) in [5.74, 6) is -4.96. The minimum absolute atomic E-state index is 0.142. The first-order valence-corrected chi connectivity index (χ1v) is 9.89. The van der Waals surface area contributed by atoms with Crippen LogP contribution in [0, 0.1) is 0 Å². The van der Waals surface area contributed by atoms with Crippen LogP contribution in [-0.2, 0) is 36.9 Å². The van der Waals surface area contributed by atoms with Crippen LogP contribution in [0.4, 0.5) is 0 Å². The van der Waals surface area contributed by atoms with Gasteiger partial charge in [0.25, 0.3) is 0 Å². The van der Waals surface area contributed by atoms with Gasteiger partial charge in [0, 0.05) is 73.8 Å². The van der Waals surface area contributed by atoms with E-state index in [0.29, 0.717) is 10.5 Å². The molecular formula is C27H36N2O5. The molecule has 7 heteroatoms. The summed E-state index contributed by atoms with van der Waals surface area (Å²) in [5, 5.41) is 0. The summed E-state index contributed by atoms with van der Waals surface area (Å²) in [5.41, 5.74) is 0.771. The van der Waals surface area contributed by atoms with Crippen LogP contribution in [0.25, 0.3) is 0 Å². The van der Waals surface area contributed by atoms with E-state index in [-0.39, 0.29) is 17.0 Å². The van der Waals surface area contributed by atoms with E-state index in [1.807, 2.05) is 0 Å². The van der Waals surface area contributed by atoms with Crippen molar-refractivity contribution in [3.8, 4) is 0 Å². The zero-order chi connectivity index (χ0) is 38.9. The highest BCUT2D eigenvalue weighted by molar-refractivity contribution is 5.79. The van der Waals surface area contributed by atoms with Crippen molar-refractivity contribution in [2.45, 2.75) is 38.6 Å². The molecule has 1 fully saturated rings. The number of ether oxygens (including phenoxy) is 2. The van der Waals surface area contributed by atoms with Gasteiger partial charge in [-0.1, -0.05) is 60.7 Å². The fourth-order valence-electron chi connectivity index (χ4n) is 2.34. The third-order valence-corrected chi connectivity index (χ3v) is 3.93. The molecule has 0 bridgehead atoms. The second kappa shape index (κ2) is 15.7. The SMILES string of the molecule is [2H]C([2H])(C(=O)OC)C([2H])([2H])N(Cc1ccccc1)C([2H])([2H])C([2H])([2H])C(=O)OC.[2H]C1([2H])C(=O)C([2H])([2H])C([2H])([2H])N(Cc2ccccc2)C1([2H])[2H]. The van der Waals surface area contributed by atoms with Gasteiger partial charge in [-0.2, -0.15) is 0 Å². The van der Waals surface area contributed by atoms with Gasteiger partial charge in [0.15, 0.2) is 0 Å². The first-order chi connectivity index (χ1) is 22.5. The minimum atomic E-state index is -3.42. The van der Waals surface area contributed by atoms with E-state index in [0.717, 1.165) is 14.2 Å². The van der Waals surface area contributed by atoms with Crippen LogP contribution in [0.3, 0.4) is 0 Å². The molecule has 0 atom stereocenters. The van der Waals surface area contributed by atoms with E-state index in [1.54, 1.807) is 48.5 Å². The maximum atomic E-state index is 11.9. The number of ketones is 1. The highest BCUT2D eigenvalue weighted by Crippen LogP contribution is 2.10. The smallest absolute Gasteiger partial charge is 0.306 e. The molecule has 0 radical (unpaired) electrons. The number of benzene rings is 2. The van der Waals surface area contributed by atoms with Crippen LogP contribution in [0.5, 0.6) is 0 Å². The number of piperidine rings is 1. The molecule has 2 aromatic rings. The molecule has 7 nitrogen and oxygen atoms in total. The Balaban J connectivity index is 0.000000356. The molecule has 0 saturated carbocycles. The van der Waals surface area contributed by atoms with Gasteiger partial charge < -0.3 is 9.47 Å². The molecule has 1 heterocycles. The molecule has 3 rings (SSSR count). The Morgan fingerprint density at radius 1 is 0.882 bits per heavy atom. The highest BCUT2D eigenvalue weighted by Gasteiger charge is 2.15. The Hall–Kier alpha value is -3.03. The van der Waals surface area contributed by atoms with Gasteiger partial charge in [-0.25, -0.2) is 0 Å². The lowest BCUT2D eigenvalue weighted by atomic mass is 10.1. The van der Waals surface area contributed by atoms with Crippen molar-refractivity contribution in [1.82, 2.24) is 9.80 Å². The van der Waals surface area contributed by atoms with Crippen LogP contribution in [0.15, 0.2) is 60.7 Å². The van der Waals surface area contributed by atoms with E-state index >= 15 is 0 Å². The summed E-state index contributed by atoms with van der Waals surface area (Å²) in [6.07, 6.45) is -13.1. The average molecular weight is 485 g/mol. The number of nitrogens with zero attached hydrogens (tertiary/aromatic N) is 2. The lowest BCUT2D eigenvalue weighted by Crippen LogP contribution is -2.33. The number of hydrogen-bond acceptors (Lipinski definition) is 7. The number of esters is 2. The fraction of sp³-hybridized carbons (Fsp3) is 0.444. The number of carbonyl (C=O) groups is 3. The number of hydrogen-bond donors (Lipinski definition) is 0. The number of methoxy groups -OCH3 is 2. The molecule has 184 valence electrons. The molecule has 0 N–H and O–H groups in total. The molecule has 34 heavy (non-hydrogen) atoms. The Bertz CT molecular complexity index is 1450. The van der Waals surface area contributed by atoms with Crippen molar-refractivity contribution >= 4 is 17.7 Å². The molecule has 0 spiro atoms. The highest BCUT2D eigenvalue weighted by atomic mass is 16.5. The zero-order valence-electron chi connectivity index (χ0n) is 34.6. The normalized spacial score (nSPS) is 28.3. The van der Waals surface area contributed by atoms with Crippen molar-refractivity contribution in [2.24, 2.45) is 0 Å². The topological polar surface area (TPSA) is 76.1 Å². The molecule has 0 amide bonds. The van der Waals surface area contributed by atoms with Gasteiger partial charge in [0.1, 0.15) is 5.78 Å². The van der Waals surface area contributed by atoms with Crippen LogP contribution < -0.4 is 0 Å². The summed E-state index contributed by atoms with van der Waals surface area (Å²) in [6.45, 7) is -13.8. The van der Waals surface area contributed by atoms with Crippen molar-refractivity contribution in [3.63, 3.8) is 0 Å². The second-order valence-corrected chi connectivity index (χ2v) is 6.40. The Kier molecular flexibility index (Phi) is 5.60. The average Bonchev–Trinajstić information content (AvgIpc) is 3.04. The van der Waals surface area contributed by atoms with Crippen molar-refractivity contribution in [2.75, 3.05) is 40.2 Å². The molecule has 1 aliphatic rings. The van der Waals surface area contributed by atoms with Gasteiger partial charge >= 0.3 is 11.9 Å².